The van der Waals surface area contributed by atoms with Gasteiger partial charge in [-0.3, -0.25) is 0 Å². The topological polar surface area (TPSA) is 49.4 Å². The Hall–Kier alpha value is -2.48. The molecule has 1 unspecified atom stereocenters. The minimum absolute atomic E-state index is 0.181. The van der Waals surface area contributed by atoms with E-state index in [1.807, 2.05) is 11.0 Å². The zero-order valence-corrected chi connectivity index (χ0v) is 17.4. The quantitative estimate of drug-likeness (QED) is 0.624. The first kappa shape index (κ1) is 20.8. The molecule has 0 radical (unpaired) electrons. The second-order valence-electron chi connectivity index (χ2n) is 7.27. The summed E-state index contributed by atoms with van der Waals surface area (Å²) in [5.41, 5.74) is 2.19. The Morgan fingerprint density at radius 3 is 2.40 bits per heavy atom. The molecule has 0 spiro atoms. The van der Waals surface area contributed by atoms with Crippen molar-refractivity contribution in [1.82, 2.24) is 4.72 Å². The Morgan fingerprint density at radius 2 is 1.70 bits per heavy atom. The molecule has 1 N–H and O–H groups in total. The van der Waals surface area contributed by atoms with Crippen LogP contribution in [0, 0.1) is 11.6 Å². The maximum absolute atomic E-state index is 13.7. The number of fused-ring (bicyclic) bond motifs is 1. The first-order valence-electron chi connectivity index (χ1n) is 9.36. The van der Waals surface area contributed by atoms with Crippen LogP contribution in [0.3, 0.4) is 0 Å². The van der Waals surface area contributed by atoms with Crippen LogP contribution in [-0.4, -0.2) is 21.0 Å². The van der Waals surface area contributed by atoms with Gasteiger partial charge in [0.05, 0.1) is 4.90 Å². The molecule has 0 amide bonds. The fraction of sp³-hybridized carbons (Fsp3) is 0.182. The lowest BCUT2D eigenvalue weighted by atomic mass is 9.98. The monoisotopic (exact) mass is 448 g/mol. The first-order valence-corrected chi connectivity index (χ1v) is 11.2. The van der Waals surface area contributed by atoms with E-state index in [0.29, 0.717) is 23.6 Å². The average Bonchev–Trinajstić information content (AvgIpc) is 2.67. The van der Waals surface area contributed by atoms with Crippen LogP contribution in [0.15, 0.2) is 71.6 Å². The van der Waals surface area contributed by atoms with Gasteiger partial charge in [0.25, 0.3) is 0 Å². The minimum atomic E-state index is -3.71. The number of rotatable bonds is 5. The molecule has 30 heavy (non-hydrogen) atoms. The van der Waals surface area contributed by atoms with Crippen molar-refractivity contribution < 1.29 is 17.2 Å². The molecule has 156 valence electrons. The summed E-state index contributed by atoms with van der Waals surface area (Å²) in [6.45, 7) is 0.575. The van der Waals surface area contributed by atoms with E-state index in [1.54, 1.807) is 30.3 Å². The van der Waals surface area contributed by atoms with E-state index >= 15 is 0 Å². The Balaban J connectivity index is 1.63. The van der Waals surface area contributed by atoms with Gasteiger partial charge in [0.2, 0.25) is 10.0 Å². The number of hydrogen-bond acceptors (Lipinski definition) is 3. The molecule has 0 fully saturated rings. The lowest BCUT2D eigenvalue weighted by molar-refractivity contribution is 0.523. The molecule has 4 nitrogen and oxygen atoms in total. The van der Waals surface area contributed by atoms with E-state index in [2.05, 4.69) is 4.72 Å². The normalized spacial score (nSPS) is 16.4. The van der Waals surface area contributed by atoms with Crippen LogP contribution in [0.4, 0.5) is 14.5 Å². The Bertz CT molecular complexity index is 1150. The highest BCUT2D eigenvalue weighted by atomic mass is 35.5. The zero-order chi connectivity index (χ0) is 21.3. The number of hydrogen-bond donors (Lipinski definition) is 1. The molecular formula is C22H19ClF2N2O2S. The molecule has 1 aliphatic heterocycles. The minimum Gasteiger partial charge on any atom is -0.365 e. The number of nitrogens with zero attached hydrogens (tertiary/aromatic N) is 1. The molecule has 1 aliphatic rings. The molecule has 8 heteroatoms. The SMILES string of the molecule is O=S(=O)(NC1Cc2cc(Cl)ccc2N(Cc2cc(F)cc(F)c2)C1)c1ccccc1. The summed E-state index contributed by atoms with van der Waals surface area (Å²) in [4.78, 5) is 2.09. The van der Waals surface area contributed by atoms with Crippen molar-refractivity contribution in [2.75, 3.05) is 11.4 Å². The van der Waals surface area contributed by atoms with Crippen molar-refractivity contribution in [1.29, 1.82) is 0 Å². The number of anilines is 1. The molecule has 4 rings (SSSR count). The van der Waals surface area contributed by atoms with Crippen LogP contribution in [0.5, 0.6) is 0 Å². The summed E-state index contributed by atoms with van der Waals surface area (Å²) >= 11 is 6.15. The van der Waals surface area contributed by atoms with E-state index < -0.39 is 27.7 Å². The lowest BCUT2D eigenvalue weighted by Crippen LogP contribution is -2.48. The van der Waals surface area contributed by atoms with Crippen molar-refractivity contribution in [2.24, 2.45) is 0 Å². The van der Waals surface area contributed by atoms with Gasteiger partial charge in [-0.1, -0.05) is 29.8 Å². The van der Waals surface area contributed by atoms with Gasteiger partial charge in [-0.15, -0.1) is 0 Å². The van der Waals surface area contributed by atoms with Gasteiger partial charge < -0.3 is 4.90 Å². The Labute approximate surface area is 179 Å². The molecule has 0 aromatic heterocycles. The largest absolute Gasteiger partial charge is 0.365 e. The maximum Gasteiger partial charge on any atom is 0.240 e. The van der Waals surface area contributed by atoms with Crippen molar-refractivity contribution in [2.45, 2.75) is 23.9 Å². The molecule has 0 bridgehead atoms. The molecule has 3 aromatic carbocycles. The van der Waals surface area contributed by atoms with E-state index in [-0.39, 0.29) is 11.4 Å². The van der Waals surface area contributed by atoms with E-state index in [4.69, 9.17) is 11.6 Å². The fourth-order valence-electron chi connectivity index (χ4n) is 3.76. The third kappa shape index (κ3) is 4.64. The van der Waals surface area contributed by atoms with Crippen LogP contribution < -0.4 is 9.62 Å². The molecule has 0 saturated heterocycles. The molecule has 1 atom stereocenters. The van der Waals surface area contributed by atoms with Crippen molar-refractivity contribution in [3.05, 3.63) is 94.5 Å². The van der Waals surface area contributed by atoms with Crippen LogP contribution in [0.1, 0.15) is 11.1 Å². The standard InChI is InChI=1S/C22H19ClF2N2O2S/c23-17-6-7-22-16(10-17)11-20(26-30(28,29)21-4-2-1-3-5-21)14-27(22)13-15-8-18(24)12-19(25)9-15/h1-10,12,20,26H,11,13-14H2. The number of sulfonamides is 1. The van der Waals surface area contributed by atoms with Crippen LogP contribution in [-0.2, 0) is 23.0 Å². The van der Waals surface area contributed by atoms with E-state index in [0.717, 1.165) is 17.3 Å². The van der Waals surface area contributed by atoms with E-state index in [9.17, 15) is 17.2 Å². The molecule has 0 saturated carbocycles. The second kappa shape index (κ2) is 8.34. The van der Waals surface area contributed by atoms with Gasteiger partial charge >= 0.3 is 0 Å². The average molecular weight is 449 g/mol. The van der Waals surface area contributed by atoms with Crippen molar-refractivity contribution in [3.63, 3.8) is 0 Å². The molecule has 1 heterocycles. The maximum atomic E-state index is 13.7. The highest BCUT2D eigenvalue weighted by Crippen LogP contribution is 2.31. The molecule has 0 aliphatic carbocycles. The molecule has 3 aromatic rings. The predicted molar refractivity (Wildman–Crippen MR) is 113 cm³/mol. The van der Waals surface area contributed by atoms with Gasteiger partial charge in [0.15, 0.2) is 0 Å². The molecular weight excluding hydrogens is 430 g/mol. The van der Waals surface area contributed by atoms with Crippen LogP contribution >= 0.6 is 11.6 Å². The lowest BCUT2D eigenvalue weighted by Gasteiger charge is -2.36. The van der Waals surface area contributed by atoms with E-state index in [1.165, 1.54) is 24.3 Å². The zero-order valence-electron chi connectivity index (χ0n) is 15.9. The van der Waals surface area contributed by atoms with Gasteiger partial charge in [0.1, 0.15) is 11.6 Å². The Kier molecular flexibility index (Phi) is 5.77. The second-order valence-corrected chi connectivity index (χ2v) is 9.42. The number of halogens is 3. The third-order valence-electron chi connectivity index (χ3n) is 4.96. The summed E-state index contributed by atoms with van der Waals surface area (Å²) in [7, 11) is -3.71. The highest BCUT2D eigenvalue weighted by molar-refractivity contribution is 7.89. The summed E-state index contributed by atoms with van der Waals surface area (Å²) in [5, 5.41) is 0.539. The smallest absolute Gasteiger partial charge is 0.240 e. The van der Waals surface area contributed by atoms with Gasteiger partial charge in [-0.25, -0.2) is 21.9 Å². The van der Waals surface area contributed by atoms with Crippen LogP contribution in [0.2, 0.25) is 5.02 Å². The van der Waals surface area contributed by atoms with Gasteiger partial charge in [0, 0.05) is 35.9 Å². The summed E-state index contributed by atoms with van der Waals surface area (Å²) in [5.74, 6) is -1.31. The van der Waals surface area contributed by atoms with Gasteiger partial charge in [-0.2, -0.15) is 0 Å². The first-order chi connectivity index (χ1) is 14.3. The highest BCUT2D eigenvalue weighted by Gasteiger charge is 2.28. The predicted octanol–water partition coefficient (Wildman–Crippen LogP) is 4.53. The summed E-state index contributed by atoms with van der Waals surface area (Å²) in [6, 6.07) is 16.5. The third-order valence-corrected chi connectivity index (χ3v) is 6.73. The number of nitrogens with one attached hydrogen (secondary N) is 1. The number of benzene rings is 3. The summed E-state index contributed by atoms with van der Waals surface area (Å²) in [6.07, 6.45) is 0.454. The Morgan fingerprint density at radius 1 is 1.00 bits per heavy atom. The van der Waals surface area contributed by atoms with Crippen LogP contribution in [0.25, 0.3) is 0 Å². The fourth-order valence-corrected chi connectivity index (χ4v) is 5.20. The van der Waals surface area contributed by atoms with Crippen molar-refractivity contribution in [3.8, 4) is 0 Å². The van der Waals surface area contributed by atoms with Crippen molar-refractivity contribution >= 4 is 27.3 Å². The van der Waals surface area contributed by atoms with Gasteiger partial charge in [-0.05, 0) is 60.0 Å². The summed E-state index contributed by atoms with van der Waals surface area (Å²) < 4.78 is 55.6.